The lowest BCUT2D eigenvalue weighted by molar-refractivity contribution is -0.136. The van der Waals surface area contributed by atoms with Gasteiger partial charge in [0.1, 0.15) is 17.2 Å². The second-order valence-corrected chi connectivity index (χ2v) is 5.40. The van der Waals surface area contributed by atoms with Gasteiger partial charge in [0.05, 0.1) is 12.2 Å². The molecular formula is C17H16F2N2O3. The molecule has 0 heterocycles. The molecule has 1 atom stereocenters. The zero-order valence-electron chi connectivity index (χ0n) is 12.8. The fourth-order valence-electron chi connectivity index (χ4n) is 1.99. The van der Waals surface area contributed by atoms with Gasteiger partial charge in [0.25, 0.3) is 0 Å². The van der Waals surface area contributed by atoms with Crippen LogP contribution in [-0.2, 0) is 15.2 Å². The third kappa shape index (κ3) is 4.36. The van der Waals surface area contributed by atoms with Crippen molar-refractivity contribution < 1.29 is 23.5 Å². The predicted octanol–water partition coefficient (Wildman–Crippen LogP) is 1.93. The van der Waals surface area contributed by atoms with Gasteiger partial charge in [-0.1, -0.05) is 24.3 Å². The number of rotatable bonds is 4. The van der Waals surface area contributed by atoms with E-state index >= 15 is 0 Å². The summed E-state index contributed by atoms with van der Waals surface area (Å²) in [6.07, 6.45) is 0. The van der Waals surface area contributed by atoms with Gasteiger partial charge < -0.3 is 15.7 Å². The van der Waals surface area contributed by atoms with Crippen molar-refractivity contribution in [3.63, 3.8) is 0 Å². The minimum Gasteiger partial charge on any atom is -0.384 e. The second kappa shape index (κ2) is 7.18. The molecule has 3 N–H and O–H groups in total. The number of amides is 2. The van der Waals surface area contributed by atoms with Crippen LogP contribution in [0.3, 0.4) is 0 Å². The summed E-state index contributed by atoms with van der Waals surface area (Å²) in [6, 6.07) is 10.5. The van der Waals surface area contributed by atoms with Crippen LogP contribution < -0.4 is 10.6 Å². The molecule has 0 radical (unpaired) electrons. The van der Waals surface area contributed by atoms with E-state index in [2.05, 4.69) is 10.6 Å². The van der Waals surface area contributed by atoms with E-state index in [9.17, 15) is 23.5 Å². The number of carbonyl (C=O) groups excluding carboxylic acids is 2. The maximum atomic E-state index is 13.4. The Labute approximate surface area is 137 Å². The van der Waals surface area contributed by atoms with Crippen LogP contribution in [0.1, 0.15) is 12.5 Å². The number of benzene rings is 2. The summed E-state index contributed by atoms with van der Waals surface area (Å²) >= 11 is 0. The van der Waals surface area contributed by atoms with Crippen molar-refractivity contribution >= 4 is 17.5 Å². The molecule has 0 aliphatic rings. The Morgan fingerprint density at radius 1 is 1.04 bits per heavy atom. The van der Waals surface area contributed by atoms with Crippen LogP contribution in [0.25, 0.3) is 0 Å². The molecule has 1 unspecified atom stereocenters. The van der Waals surface area contributed by atoms with Gasteiger partial charge in [-0.3, -0.25) is 9.59 Å². The van der Waals surface area contributed by atoms with Gasteiger partial charge >= 0.3 is 11.8 Å². The summed E-state index contributed by atoms with van der Waals surface area (Å²) in [6.45, 7) is 1.14. The van der Waals surface area contributed by atoms with Crippen LogP contribution in [0.2, 0.25) is 0 Å². The van der Waals surface area contributed by atoms with Crippen molar-refractivity contribution in [1.29, 1.82) is 0 Å². The van der Waals surface area contributed by atoms with E-state index in [-0.39, 0.29) is 12.2 Å². The highest BCUT2D eigenvalue weighted by atomic mass is 19.1. The smallest absolute Gasteiger partial charge is 0.313 e. The Morgan fingerprint density at radius 3 is 2.29 bits per heavy atom. The van der Waals surface area contributed by atoms with Crippen molar-refractivity contribution in [3.8, 4) is 0 Å². The van der Waals surface area contributed by atoms with Crippen molar-refractivity contribution in [2.45, 2.75) is 12.5 Å². The van der Waals surface area contributed by atoms with Crippen LogP contribution in [0, 0.1) is 11.6 Å². The zero-order valence-corrected chi connectivity index (χ0v) is 12.8. The Kier molecular flexibility index (Phi) is 5.25. The summed E-state index contributed by atoms with van der Waals surface area (Å²) < 4.78 is 26.3. The van der Waals surface area contributed by atoms with Crippen molar-refractivity contribution in [2.24, 2.45) is 0 Å². The Morgan fingerprint density at radius 2 is 1.67 bits per heavy atom. The quantitative estimate of drug-likeness (QED) is 0.748. The Bertz CT molecular complexity index is 746. The third-order valence-corrected chi connectivity index (χ3v) is 3.39. The number of hydrogen-bond acceptors (Lipinski definition) is 3. The fraction of sp³-hybridized carbons (Fsp3) is 0.176. The molecule has 2 aromatic carbocycles. The standard InChI is InChI=1S/C17H16F2N2O3/c1-17(24,11-6-8-12(18)9-7-11)10-20-15(22)16(23)21-14-5-3-2-4-13(14)19/h2-9,24H,10H2,1H3,(H,20,22)(H,21,23). The zero-order chi connectivity index (χ0) is 17.7. The van der Waals surface area contributed by atoms with Crippen LogP contribution in [-0.4, -0.2) is 23.5 Å². The Hall–Kier alpha value is -2.80. The highest BCUT2D eigenvalue weighted by Crippen LogP contribution is 2.20. The number of aliphatic hydroxyl groups is 1. The molecule has 5 nitrogen and oxygen atoms in total. The van der Waals surface area contributed by atoms with Gasteiger partial charge in [0, 0.05) is 0 Å². The van der Waals surface area contributed by atoms with Gasteiger partial charge in [-0.05, 0) is 36.8 Å². The Balaban J connectivity index is 1.95. The van der Waals surface area contributed by atoms with Crippen molar-refractivity contribution in [3.05, 3.63) is 65.7 Å². The monoisotopic (exact) mass is 334 g/mol. The molecule has 0 saturated carbocycles. The summed E-state index contributed by atoms with van der Waals surface area (Å²) in [7, 11) is 0. The first-order valence-corrected chi connectivity index (χ1v) is 7.12. The van der Waals surface area contributed by atoms with Gasteiger partial charge in [-0.25, -0.2) is 8.78 Å². The summed E-state index contributed by atoms with van der Waals surface area (Å²) in [5.74, 6) is -3.21. The maximum absolute atomic E-state index is 13.4. The lowest BCUT2D eigenvalue weighted by Crippen LogP contribution is -2.43. The fourth-order valence-corrected chi connectivity index (χ4v) is 1.99. The summed E-state index contributed by atoms with van der Waals surface area (Å²) in [4.78, 5) is 23.5. The maximum Gasteiger partial charge on any atom is 0.313 e. The van der Waals surface area contributed by atoms with Crippen LogP contribution >= 0.6 is 0 Å². The van der Waals surface area contributed by atoms with Gasteiger partial charge in [0.15, 0.2) is 0 Å². The van der Waals surface area contributed by atoms with E-state index in [4.69, 9.17) is 0 Å². The molecule has 0 aliphatic carbocycles. The van der Waals surface area contributed by atoms with Gasteiger partial charge in [-0.15, -0.1) is 0 Å². The van der Waals surface area contributed by atoms with E-state index in [0.717, 1.165) is 6.07 Å². The average molecular weight is 334 g/mol. The highest BCUT2D eigenvalue weighted by molar-refractivity contribution is 6.39. The minimum atomic E-state index is -1.50. The van der Waals surface area contributed by atoms with E-state index in [1.54, 1.807) is 0 Å². The second-order valence-electron chi connectivity index (χ2n) is 5.40. The third-order valence-electron chi connectivity index (χ3n) is 3.39. The molecule has 2 aromatic rings. The molecule has 0 saturated heterocycles. The number of nitrogens with one attached hydrogen (secondary N) is 2. The largest absolute Gasteiger partial charge is 0.384 e. The van der Waals surface area contributed by atoms with E-state index in [0.29, 0.717) is 5.56 Å². The molecule has 7 heteroatoms. The molecule has 2 rings (SSSR count). The topological polar surface area (TPSA) is 78.4 Å². The van der Waals surface area contributed by atoms with Crippen LogP contribution in [0.5, 0.6) is 0 Å². The van der Waals surface area contributed by atoms with E-state index in [1.165, 1.54) is 49.4 Å². The molecule has 126 valence electrons. The number of hydrogen-bond donors (Lipinski definition) is 3. The van der Waals surface area contributed by atoms with Gasteiger partial charge in [-0.2, -0.15) is 0 Å². The lowest BCUT2D eigenvalue weighted by atomic mass is 9.96. The molecule has 0 aromatic heterocycles. The van der Waals surface area contributed by atoms with E-state index < -0.39 is 29.0 Å². The first-order chi connectivity index (χ1) is 11.3. The van der Waals surface area contributed by atoms with Crippen LogP contribution in [0.15, 0.2) is 48.5 Å². The first-order valence-electron chi connectivity index (χ1n) is 7.12. The number of carbonyl (C=O) groups is 2. The number of halogens is 2. The molecule has 0 aliphatic heterocycles. The molecule has 0 fully saturated rings. The summed E-state index contributed by atoms with van der Waals surface area (Å²) in [5, 5.41) is 14.7. The number of anilines is 1. The van der Waals surface area contributed by atoms with Gasteiger partial charge in [0.2, 0.25) is 0 Å². The first kappa shape index (κ1) is 17.6. The van der Waals surface area contributed by atoms with Crippen LogP contribution in [0.4, 0.5) is 14.5 Å². The SMILES string of the molecule is CC(O)(CNC(=O)C(=O)Nc1ccccc1F)c1ccc(F)cc1. The number of para-hydroxylation sites is 1. The summed E-state index contributed by atoms with van der Waals surface area (Å²) in [5.41, 5.74) is -1.25. The van der Waals surface area contributed by atoms with E-state index in [1.807, 2.05) is 0 Å². The van der Waals surface area contributed by atoms with Crippen molar-refractivity contribution in [1.82, 2.24) is 5.32 Å². The van der Waals surface area contributed by atoms with Crippen molar-refractivity contribution in [2.75, 3.05) is 11.9 Å². The molecular weight excluding hydrogens is 318 g/mol. The highest BCUT2D eigenvalue weighted by Gasteiger charge is 2.25. The predicted molar refractivity (Wildman–Crippen MR) is 84.0 cm³/mol. The molecule has 24 heavy (non-hydrogen) atoms. The molecule has 2 amide bonds. The molecule has 0 bridgehead atoms. The normalized spacial score (nSPS) is 13.0. The average Bonchev–Trinajstić information content (AvgIpc) is 2.55. The molecule has 0 spiro atoms. The lowest BCUT2D eigenvalue weighted by Gasteiger charge is -2.24. The minimum absolute atomic E-state index is 0.122.